The third kappa shape index (κ3) is 4.88. The van der Waals surface area contributed by atoms with E-state index in [1.165, 1.54) is 0 Å². The van der Waals surface area contributed by atoms with E-state index in [9.17, 15) is 9.90 Å². The maximum atomic E-state index is 12.8. The SMILES string of the molecule is O=C(c1ccc(Cl)cc1)N1CCN([C@@H]2CN(c3nccc(-c4ccc(Cl)cc4)n3)C[C@H]2O)CC1. The van der Waals surface area contributed by atoms with Crippen LogP contribution in [0.4, 0.5) is 5.95 Å². The Bertz CT molecular complexity index is 1150. The number of hydrogen-bond acceptors (Lipinski definition) is 6. The summed E-state index contributed by atoms with van der Waals surface area (Å²) in [5, 5.41) is 12.1. The summed E-state index contributed by atoms with van der Waals surface area (Å²) < 4.78 is 0. The summed E-state index contributed by atoms with van der Waals surface area (Å²) in [7, 11) is 0. The standard InChI is InChI=1S/C25H25Cl2N5O2/c26-19-5-1-17(2-6-19)21-9-10-28-25(29-21)32-15-22(23(33)16-32)30-11-13-31(14-12-30)24(34)18-3-7-20(27)8-4-18/h1-10,22-23,33H,11-16H2/t22-,23-/m1/s1. The zero-order chi connectivity index (χ0) is 23.7. The van der Waals surface area contributed by atoms with Crippen molar-refractivity contribution in [3.8, 4) is 11.3 Å². The van der Waals surface area contributed by atoms with Crippen LogP contribution < -0.4 is 4.90 Å². The average molecular weight is 498 g/mol. The minimum Gasteiger partial charge on any atom is -0.390 e. The van der Waals surface area contributed by atoms with E-state index < -0.39 is 6.10 Å². The van der Waals surface area contributed by atoms with Gasteiger partial charge in [-0.2, -0.15) is 0 Å². The second kappa shape index (κ2) is 9.88. The molecule has 0 aliphatic carbocycles. The van der Waals surface area contributed by atoms with E-state index in [1.807, 2.05) is 40.1 Å². The van der Waals surface area contributed by atoms with E-state index in [-0.39, 0.29) is 11.9 Å². The summed E-state index contributed by atoms with van der Waals surface area (Å²) in [5.41, 5.74) is 2.42. The molecule has 2 aliphatic heterocycles. The molecule has 1 amide bonds. The van der Waals surface area contributed by atoms with Crippen molar-refractivity contribution in [2.45, 2.75) is 12.1 Å². The topological polar surface area (TPSA) is 72.8 Å². The Kier molecular flexibility index (Phi) is 6.70. The molecule has 1 N–H and O–H groups in total. The fourth-order valence-electron chi connectivity index (χ4n) is 4.61. The fraction of sp³-hybridized carbons (Fsp3) is 0.320. The van der Waals surface area contributed by atoms with Gasteiger partial charge in [-0.15, -0.1) is 0 Å². The van der Waals surface area contributed by atoms with Gasteiger partial charge < -0.3 is 14.9 Å². The van der Waals surface area contributed by atoms with Crippen molar-refractivity contribution >= 4 is 35.1 Å². The number of halogens is 2. The first-order chi connectivity index (χ1) is 16.5. The van der Waals surface area contributed by atoms with Gasteiger partial charge in [0.1, 0.15) is 0 Å². The number of anilines is 1. The van der Waals surface area contributed by atoms with Crippen LogP contribution in [0.25, 0.3) is 11.3 Å². The molecule has 5 rings (SSSR count). The fourth-order valence-corrected chi connectivity index (χ4v) is 4.86. The van der Waals surface area contributed by atoms with Gasteiger partial charge in [0.2, 0.25) is 5.95 Å². The lowest BCUT2D eigenvalue weighted by atomic mass is 10.1. The maximum Gasteiger partial charge on any atom is 0.253 e. The number of hydrogen-bond donors (Lipinski definition) is 1. The molecule has 2 saturated heterocycles. The molecule has 1 aromatic heterocycles. The number of aliphatic hydroxyl groups excluding tert-OH is 1. The quantitative estimate of drug-likeness (QED) is 0.594. The van der Waals surface area contributed by atoms with Crippen LogP contribution in [-0.4, -0.2) is 82.2 Å². The van der Waals surface area contributed by atoms with Crippen LogP contribution in [0, 0.1) is 0 Å². The molecule has 2 aromatic carbocycles. The van der Waals surface area contributed by atoms with Gasteiger partial charge in [0.05, 0.1) is 17.8 Å². The number of carbonyl (C=O) groups excluding carboxylic acids is 1. The zero-order valence-corrected chi connectivity index (χ0v) is 20.0. The van der Waals surface area contributed by atoms with Gasteiger partial charge in [0, 0.05) is 66.6 Å². The maximum absolute atomic E-state index is 12.8. The molecule has 34 heavy (non-hydrogen) atoms. The molecule has 7 nitrogen and oxygen atoms in total. The van der Waals surface area contributed by atoms with Gasteiger partial charge >= 0.3 is 0 Å². The van der Waals surface area contributed by atoms with Crippen molar-refractivity contribution in [3.63, 3.8) is 0 Å². The zero-order valence-electron chi connectivity index (χ0n) is 18.5. The second-order valence-electron chi connectivity index (χ2n) is 8.62. The molecule has 0 unspecified atom stereocenters. The molecule has 3 aromatic rings. The number of piperazine rings is 1. The first-order valence-corrected chi connectivity index (χ1v) is 12.0. The van der Waals surface area contributed by atoms with Crippen molar-refractivity contribution in [2.24, 2.45) is 0 Å². The van der Waals surface area contributed by atoms with Gasteiger partial charge in [-0.05, 0) is 42.5 Å². The Hall–Kier alpha value is -2.71. The monoisotopic (exact) mass is 497 g/mol. The number of aliphatic hydroxyl groups is 1. The van der Waals surface area contributed by atoms with E-state index in [4.69, 9.17) is 28.2 Å². The smallest absolute Gasteiger partial charge is 0.253 e. The predicted octanol–water partition coefficient (Wildman–Crippen LogP) is 3.46. The van der Waals surface area contributed by atoms with E-state index in [1.54, 1.807) is 30.5 Å². The minimum atomic E-state index is -0.513. The van der Waals surface area contributed by atoms with E-state index >= 15 is 0 Å². The summed E-state index contributed by atoms with van der Waals surface area (Å²) in [6.45, 7) is 3.76. The lowest BCUT2D eigenvalue weighted by Crippen LogP contribution is -2.54. The average Bonchev–Trinajstić information content (AvgIpc) is 3.26. The number of rotatable bonds is 4. The molecular formula is C25H25Cl2N5O2. The Morgan fingerprint density at radius 3 is 2.21 bits per heavy atom. The molecule has 2 aliphatic rings. The summed E-state index contributed by atoms with van der Waals surface area (Å²) in [5.74, 6) is 0.614. The highest BCUT2D eigenvalue weighted by Crippen LogP contribution is 2.25. The molecule has 0 spiro atoms. The highest BCUT2D eigenvalue weighted by atomic mass is 35.5. The van der Waals surface area contributed by atoms with Crippen molar-refractivity contribution in [2.75, 3.05) is 44.2 Å². The van der Waals surface area contributed by atoms with Crippen molar-refractivity contribution in [1.29, 1.82) is 0 Å². The lowest BCUT2D eigenvalue weighted by Gasteiger charge is -2.38. The first-order valence-electron chi connectivity index (χ1n) is 11.3. The van der Waals surface area contributed by atoms with Crippen LogP contribution in [0.1, 0.15) is 10.4 Å². The Morgan fingerprint density at radius 1 is 0.882 bits per heavy atom. The van der Waals surface area contributed by atoms with Crippen LogP contribution in [0.5, 0.6) is 0 Å². The molecular weight excluding hydrogens is 473 g/mol. The predicted molar refractivity (Wildman–Crippen MR) is 133 cm³/mol. The lowest BCUT2D eigenvalue weighted by molar-refractivity contribution is 0.0376. The third-order valence-electron chi connectivity index (χ3n) is 6.49. The van der Waals surface area contributed by atoms with Gasteiger partial charge in [-0.1, -0.05) is 35.3 Å². The van der Waals surface area contributed by atoms with E-state index in [2.05, 4.69) is 9.88 Å². The highest BCUT2D eigenvalue weighted by molar-refractivity contribution is 6.30. The van der Waals surface area contributed by atoms with Crippen molar-refractivity contribution in [3.05, 3.63) is 76.4 Å². The Morgan fingerprint density at radius 2 is 1.53 bits per heavy atom. The first kappa shape index (κ1) is 23.1. The Labute approximate surface area is 208 Å². The number of β-amino-alcohol motifs (C(OH)–C–C–N with tert-alkyl or cyclic N) is 1. The molecule has 0 radical (unpaired) electrons. The highest BCUT2D eigenvalue weighted by Gasteiger charge is 2.38. The summed E-state index contributed by atoms with van der Waals surface area (Å²) in [4.78, 5) is 28.1. The summed E-state index contributed by atoms with van der Waals surface area (Å²) in [6, 6.07) is 16.4. The summed E-state index contributed by atoms with van der Waals surface area (Å²) >= 11 is 11.9. The number of benzene rings is 2. The number of amides is 1. The molecule has 0 saturated carbocycles. The van der Waals surface area contributed by atoms with Crippen molar-refractivity contribution in [1.82, 2.24) is 19.8 Å². The molecule has 3 heterocycles. The van der Waals surface area contributed by atoms with Crippen LogP contribution in [-0.2, 0) is 0 Å². The largest absolute Gasteiger partial charge is 0.390 e. The number of aromatic nitrogens is 2. The van der Waals surface area contributed by atoms with Crippen LogP contribution in [0.2, 0.25) is 10.0 Å². The summed E-state index contributed by atoms with van der Waals surface area (Å²) in [6.07, 6.45) is 1.23. The number of nitrogens with zero attached hydrogens (tertiary/aromatic N) is 5. The van der Waals surface area contributed by atoms with E-state index in [0.717, 1.165) is 11.3 Å². The second-order valence-corrected chi connectivity index (χ2v) is 9.50. The van der Waals surface area contributed by atoms with E-state index in [0.29, 0.717) is 60.8 Å². The Balaban J connectivity index is 1.22. The van der Waals surface area contributed by atoms with Crippen LogP contribution >= 0.6 is 23.2 Å². The minimum absolute atomic E-state index is 0.0114. The molecule has 9 heteroatoms. The molecule has 2 atom stereocenters. The van der Waals surface area contributed by atoms with Gasteiger partial charge in [-0.25, -0.2) is 9.97 Å². The molecule has 0 bridgehead atoms. The van der Waals surface area contributed by atoms with Gasteiger partial charge in [-0.3, -0.25) is 9.69 Å². The normalized spacial score (nSPS) is 21.1. The van der Waals surface area contributed by atoms with Crippen LogP contribution in [0.3, 0.4) is 0 Å². The van der Waals surface area contributed by atoms with Crippen LogP contribution in [0.15, 0.2) is 60.8 Å². The van der Waals surface area contributed by atoms with Gasteiger partial charge in [0.15, 0.2) is 0 Å². The van der Waals surface area contributed by atoms with Crippen molar-refractivity contribution < 1.29 is 9.90 Å². The molecule has 176 valence electrons. The number of carbonyl (C=O) groups is 1. The molecule has 2 fully saturated rings. The van der Waals surface area contributed by atoms with Gasteiger partial charge in [0.25, 0.3) is 5.91 Å². The third-order valence-corrected chi connectivity index (χ3v) is 6.99.